The molecule has 0 radical (unpaired) electrons. The number of rotatable bonds is 11. The summed E-state index contributed by atoms with van der Waals surface area (Å²) in [6, 6.07) is 39.9. The lowest BCUT2D eigenvalue weighted by atomic mass is 9.79. The SMILES string of the molecule is COCC1OC(n2cnc3c(NC(=O)c4ccccc4)ncnc32)C1COC(c1ccccc1)(c1ccccc1)c1ccccc1. The zero-order chi connectivity index (χ0) is 31.3. The predicted octanol–water partition coefficient (Wildman–Crippen LogP) is 6.25. The molecule has 0 bridgehead atoms. The molecule has 1 aliphatic rings. The molecule has 1 aliphatic heterocycles. The highest BCUT2D eigenvalue weighted by molar-refractivity contribution is 6.06. The van der Waals surface area contributed by atoms with E-state index in [-0.39, 0.29) is 17.9 Å². The van der Waals surface area contributed by atoms with Crippen molar-refractivity contribution in [3.8, 4) is 0 Å². The van der Waals surface area contributed by atoms with Crippen LogP contribution in [0.2, 0.25) is 0 Å². The zero-order valence-corrected chi connectivity index (χ0v) is 25.3. The first-order chi connectivity index (χ1) is 22.7. The molecule has 7 rings (SSSR count). The average Bonchev–Trinajstić information content (AvgIpc) is 3.54. The molecule has 9 nitrogen and oxygen atoms in total. The number of amides is 1. The quantitative estimate of drug-likeness (QED) is 0.173. The van der Waals surface area contributed by atoms with Crippen molar-refractivity contribution in [3.05, 3.63) is 156 Å². The van der Waals surface area contributed by atoms with Crippen molar-refractivity contribution in [2.75, 3.05) is 25.6 Å². The molecule has 0 spiro atoms. The highest BCUT2D eigenvalue weighted by Crippen LogP contribution is 2.45. The molecule has 3 atom stereocenters. The smallest absolute Gasteiger partial charge is 0.256 e. The van der Waals surface area contributed by atoms with Gasteiger partial charge in [-0.1, -0.05) is 109 Å². The number of fused-ring (bicyclic) bond motifs is 1. The van der Waals surface area contributed by atoms with Crippen molar-refractivity contribution >= 4 is 22.9 Å². The Morgan fingerprint density at radius 1 is 0.783 bits per heavy atom. The number of nitrogens with one attached hydrogen (secondary N) is 1. The number of nitrogens with zero attached hydrogens (tertiary/aromatic N) is 4. The van der Waals surface area contributed by atoms with Crippen LogP contribution in [0.5, 0.6) is 0 Å². The highest BCUT2D eigenvalue weighted by Gasteiger charge is 2.47. The fraction of sp³-hybridized carbons (Fsp3) is 0.189. The topological polar surface area (TPSA) is 100 Å². The fourth-order valence-electron chi connectivity index (χ4n) is 6.15. The monoisotopic (exact) mass is 611 g/mol. The van der Waals surface area contributed by atoms with Crippen molar-refractivity contribution < 1.29 is 19.0 Å². The van der Waals surface area contributed by atoms with Crippen LogP contribution >= 0.6 is 0 Å². The van der Waals surface area contributed by atoms with E-state index < -0.39 is 11.8 Å². The third-order valence-corrected chi connectivity index (χ3v) is 8.42. The number of hydrogen-bond acceptors (Lipinski definition) is 7. The van der Waals surface area contributed by atoms with Gasteiger partial charge in [0, 0.05) is 12.7 Å². The van der Waals surface area contributed by atoms with Gasteiger partial charge in [0.05, 0.1) is 31.6 Å². The maximum Gasteiger partial charge on any atom is 0.256 e. The molecular formula is C37H33N5O4. The molecule has 46 heavy (non-hydrogen) atoms. The highest BCUT2D eigenvalue weighted by atomic mass is 16.6. The normalized spacial score (nSPS) is 17.8. The van der Waals surface area contributed by atoms with Crippen molar-refractivity contribution in [1.82, 2.24) is 19.5 Å². The van der Waals surface area contributed by atoms with E-state index in [1.807, 2.05) is 77.4 Å². The van der Waals surface area contributed by atoms with Gasteiger partial charge in [-0.3, -0.25) is 9.36 Å². The van der Waals surface area contributed by atoms with Crippen LogP contribution in [0.15, 0.2) is 134 Å². The van der Waals surface area contributed by atoms with E-state index in [1.54, 1.807) is 25.6 Å². The van der Waals surface area contributed by atoms with Crippen LogP contribution in [-0.4, -0.2) is 51.9 Å². The first kappa shape index (κ1) is 29.5. The molecule has 6 aromatic rings. The molecule has 3 heterocycles. The maximum absolute atomic E-state index is 12.9. The molecule has 1 amide bonds. The van der Waals surface area contributed by atoms with Gasteiger partial charge in [0.15, 0.2) is 17.0 Å². The minimum absolute atomic E-state index is 0.106. The standard InChI is InChI=1S/C37H33N5O4/c1-44-23-31-30(22-45-37(27-16-8-3-9-17-27,28-18-10-4-11-19-28)29-20-12-5-13-21-29)36(46-31)42-25-40-32-33(38-24-39-34(32)42)41-35(43)26-14-6-2-7-15-26/h2-21,24-25,30-31,36H,22-23H2,1H3,(H,38,39,41,43). The summed E-state index contributed by atoms with van der Waals surface area (Å²) in [7, 11) is 1.67. The molecular weight excluding hydrogens is 578 g/mol. The summed E-state index contributed by atoms with van der Waals surface area (Å²) >= 11 is 0. The van der Waals surface area contributed by atoms with Crippen LogP contribution in [-0.2, 0) is 19.8 Å². The molecule has 2 aromatic heterocycles. The van der Waals surface area contributed by atoms with Crippen LogP contribution in [0.4, 0.5) is 5.82 Å². The second-order valence-electron chi connectivity index (χ2n) is 11.1. The number of ether oxygens (including phenoxy) is 3. The third kappa shape index (κ3) is 5.45. The van der Waals surface area contributed by atoms with Crippen LogP contribution in [0.25, 0.3) is 11.2 Å². The molecule has 4 aromatic carbocycles. The third-order valence-electron chi connectivity index (χ3n) is 8.42. The van der Waals surface area contributed by atoms with Gasteiger partial charge >= 0.3 is 0 Å². The molecule has 9 heteroatoms. The lowest BCUT2D eigenvalue weighted by Crippen LogP contribution is -2.51. The number of anilines is 1. The van der Waals surface area contributed by atoms with Crippen LogP contribution in [0.3, 0.4) is 0 Å². The maximum atomic E-state index is 12.9. The summed E-state index contributed by atoms with van der Waals surface area (Å²) in [6.07, 6.45) is 2.45. The van der Waals surface area contributed by atoms with Gasteiger partial charge in [0.2, 0.25) is 0 Å². The first-order valence-electron chi connectivity index (χ1n) is 15.2. The lowest BCUT2D eigenvalue weighted by molar-refractivity contribution is -0.256. The number of benzene rings is 4. The molecule has 0 saturated carbocycles. The summed E-state index contributed by atoms with van der Waals surface area (Å²) in [5, 5.41) is 2.88. The average molecular weight is 612 g/mol. The summed E-state index contributed by atoms with van der Waals surface area (Å²) in [4.78, 5) is 26.3. The Kier molecular flexibility index (Phi) is 8.35. The van der Waals surface area contributed by atoms with E-state index in [9.17, 15) is 4.79 Å². The van der Waals surface area contributed by atoms with Crippen LogP contribution in [0.1, 0.15) is 33.3 Å². The molecule has 230 valence electrons. The van der Waals surface area contributed by atoms with Gasteiger partial charge < -0.3 is 19.5 Å². The van der Waals surface area contributed by atoms with Crippen molar-refractivity contribution in [2.45, 2.75) is 17.9 Å². The summed E-state index contributed by atoms with van der Waals surface area (Å²) in [5.41, 5.74) is 3.72. The van der Waals surface area contributed by atoms with Gasteiger partial charge in [-0.2, -0.15) is 0 Å². The van der Waals surface area contributed by atoms with Gasteiger partial charge in [0.1, 0.15) is 18.2 Å². The first-order valence-corrected chi connectivity index (χ1v) is 15.2. The number of carbonyl (C=O) groups is 1. The molecule has 3 unspecified atom stereocenters. The summed E-state index contributed by atoms with van der Waals surface area (Å²) in [5.74, 6) is -0.0554. The number of carbonyl (C=O) groups excluding carboxylic acids is 1. The summed E-state index contributed by atoms with van der Waals surface area (Å²) in [6.45, 7) is 0.749. The molecule has 1 fully saturated rings. The van der Waals surface area contributed by atoms with Gasteiger partial charge in [-0.25, -0.2) is 15.0 Å². The number of aromatic nitrogens is 4. The number of methoxy groups -OCH3 is 1. The number of hydrogen-bond donors (Lipinski definition) is 1. The van der Waals surface area contributed by atoms with E-state index in [0.29, 0.717) is 35.8 Å². The molecule has 1 N–H and O–H groups in total. The van der Waals surface area contributed by atoms with Crippen LogP contribution < -0.4 is 5.32 Å². The Hall–Kier alpha value is -5.22. The van der Waals surface area contributed by atoms with E-state index in [2.05, 4.69) is 56.7 Å². The van der Waals surface area contributed by atoms with Crippen molar-refractivity contribution in [1.29, 1.82) is 0 Å². The fourth-order valence-corrected chi connectivity index (χ4v) is 6.15. The van der Waals surface area contributed by atoms with E-state index in [0.717, 1.165) is 16.7 Å². The summed E-state index contributed by atoms with van der Waals surface area (Å²) < 4.78 is 21.0. The molecule has 0 aliphatic carbocycles. The zero-order valence-electron chi connectivity index (χ0n) is 25.3. The van der Waals surface area contributed by atoms with Gasteiger partial charge in [0.25, 0.3) is 5.91 Å². The second-order valence-corrected chi connectivity index (χ2v) is 11.1. The van der Waals surface area contributed by atoms with E-state index in [4.69, 9.17) is 14.2 Å². The minimum atomic E-state index is -0.879. The predicted molar refractivity (Wildman–Crippen MR) is 174 cm³/mol. The molecule has 1 saturated heterocycles. The van der Waals surface area contributed by atoms with Crippen LogP contribution in [0, 0.1) is 5.92 Å². The Morgan fingerprint density at radius 3 is 1.91 bits per heavy atom. The van der Waals surface area contributed by atoms with Crippen molar-refractivity contribution in [3.63, 3.8) is 0 Å². The number of imidazole rings is 1. The van der Waals surface area contributed by atoms with Gasteiger partial charge in [-0.05, 0) is 28.8 Å². The van der Waals surface area contributed by atoms with E-state index in [1.165, 1.54) is 6.33 Å². The Balaban J connectivity index is 1.23. The van der Waals surface area contributed by atoms with Gasteiger partial charge in [-0.15, -0.1) is 0 Å². The Labute approximate surface area is 266 Å². The largest absolute Gasteiger partial charge is 0.382 e. The Bertz CT molecular complexity index is 1810. The second kappa shape index (κ2) is 13.0. The van der Waals surface area contributed by atoms with E-state index >= 15 is 0 Å². The lowest BCUT2D eigenvalue weighted by Gasteiger charge is -2.46. The Morgan fingerprint density at radius 2 is 1.35 bits per heavy atom. The van der Waals surface area contributed by atoms with Crippen molar-refractivity contribution in [2.24, 2.45) is 5.92 Å². The minimum Gasteiger partial charge on any atom is -0.382 e.